The highest BCUT2D eigenvalue weighted by Gasteiger charge is 2.28. The van der Waals surface area contributed by atoms with E-state index in [9.17, 15) is 9.59 Å². The highest BCUT2D eigenvalue weighted by atomic mass is 16.7. The Hall–Kier alpha value is -1.78. The SMILES string of the molecule is C=Cc1ccc(C2OCCC(C(=O)C=O)O2)cc1. The molecule has 0 saturated carbocycles. The molecular formula is C14H14O4. The first-order chi connectivity index (χ1) is 8.74. The van der Waals surface area contributed by atoms with Crippen LogP contribution in [-0.2, 0) is 19.1 Å². The van der Waals surface area contributed by atoms with Crippen molar-refractivity contribution in [1.82, 2.24) is 0 Å². The number of aldehydes is 1. The fourth-order valence-electron chi connectivity index (χ4n) is 1.79. The molecule has 0 amide bonds. The van der Waals surface area contributed by atoms with Crippen molar-refractivity contribution >= 4 is 18.1 Å². The van der Waals surface area contributed by atoms with Crippen molar-refractivity contribution in [2.75, 3.05) is 6.61 Å². The van der Waals surface area contributed by atoms with Crippen LogP contribution in [-0.4, -0.2) is 24.8 Å². The van der Waals surface area contributed by atoms with E-state index < -0.39 is 18.2 Å². The van der Waals surface area contributed by atoms with Crippen molar-refractivity contribution in [2.45, 2.75) is 18.8 Å². The maximum Gasteiger partial charge on any atom is 0.224 e. The summed E-state index contributed by atoms with van der Waals surface area (Å²) < 4.78 is 10.9. The van der Waals surface area contributed by atoms with E-state index in [-0.39, 0.29) is 0 Å². The maximum absolute atomic E-state index is 11.3. The van der Waals surface area contributed by atoms with Crippen LogP contribution >= 0.6 is 0 Å². The van der Waals surface area contributed by atoms with Crippen molar-refractivity contribution < 1.29 is 19.1 Å². The summed E-state index contributed by atoms with van der Waals surface area (Å²) in [5.74, 6) is -0.536. The molecule has 0 bridgehead atoms. The highest BCUT2D eigenvalue weighted by molar-refractivity contribution is 6.27. The van der Waals surface area contributed by atoms with Gasteiger partial charge in [-0.1, -0.05) is 36.9 Å². The monoisotopic (exact) mass is 246 g/mol. The van der Waals surface area contributed by atoms with Gasteiger partial charge in [-0.05, 0) is 5.56 Å². The molecular weight excluding hydrogens is 232 g/mol. The third kappa shape index (κ3) is 2.72. The van der Waals surface area contributed by atoms with E-state index in [0.29, 0.717) is 19.3 Å². The van der Waals surface area contributed by atoms with Gasteiger partial charge >= 0.3 is 0 Å². The number of ketones is 1. The zero-order valence-corrected chi connectivity index (χ0v) is 9.87. The van der Waals surface area contributed by atoms with Gasteiger partial charge in [-0.15, -0.1) is 0 Å². The van der Waals surface area contributed by atoms with Crippen LogP contribution in [0.5, 0.6) is 0 Å². The number of rotatable bonds is 4. The standard InChI is InChI=1S/C14H14O4/c1-2-10-3-5-11(6-4-10)14-17-8-7-13(18-14)12(16)9-15/h2-6,9,13-14H,1,7-8H2. The van der Waals surface area contributed by atoms with E-state index in [0.717, 1.165) is 11.1 Å². The van der Waals surface area contributed by atoms with E-state index in [2.05, 4.69) is 6.58 Å². The second kappa shape index (κ2) is 5.71. The maximum atomic E-state index is 11.3. The molecule has 1 aliphatic heterocycles. The van der Waals surface area contributed by atoms with Crippen LogP contribution in [0.3, 0.4) is 0 Å². The van der Waals surface area contributed by atoms with Gasteiger partial charge in [0.25, 0.3) is 0 Å². The van der Waals surface area contributed by atoms with Crippen LogP contribution in [0.1, 0.15) is 23.8 Å². The molecule has 2 atom stereocenters. The molecule has 0 N–H and O–H groups in total. The zero-order valence-electron chi connectivity index (χ0n) is 9.87. The average Bonchev–Trinajstić information content (AvgIpc) is 2.46. The van der Waals surface area contributed by atoms with Gasteiger partial charge in [-0.25, -0.2) is 0 Å². The predicted octanol–water partition coefficient (Wildman–Crippen LogP) is 1.90. The number of hydrogen-bond acceptors (Lipinski definition) is 4. The minimum atomic E-state index is -0.694. The average molecular weight is 246 g/mol. The molecule has 2 rings (SSSR count). The Morgan fingerprint density at radius 2 is 2.06 bits per heavy atom. The first-order valence-electron chi connectivity index (χ1n) is 5.73. The number of benzene rings is 1. The van der Waals surface area contributed by atoms with Gasteiger partial charge in [0, 0.05) is 12.0 Å². The second-order valence-electron chi connectivity index (χ2n) is 4.01. The number of Topliss-reactive ketones (excluding diaryl/α,β-unsaturated/α-hetero) is 1. The van der Waals surface area contributed by atoms with Crippen molar-refractivity contribution in [2.24, 2.45) is 0 Å². The van der Waals surface area contributed by atoms with Crippen molar-refractivity contribution in [3.63, 3.8) is 0 Å². The molecule has 1 aliphatic rings. The number of carbonyl (C=O) groups is 2. The molecule has 94 valence electrons. The fourth-order valence-corrected chi connectivity index (χ4v) is 1.79. The molecule has 0 spiro atoms. The van der Waals surface area contributed by atoms with Crippen molar-refractivity contribution in [1.29, 1.82) is 0 Å². The molecule has 1 saturated heterocycles. The fraction of sp³-hybridized carbons (Fsp3) is 0.286. The lowest BCUT2D eigenvalue weighted by atomic mass is 10.1. The van der Waals surface area contributed by atoms with Crippen molar-refractivity contribution in [3.05, 3.63) is 42.0 Å². The summed E-state index contributed by atoms with van der Waals surface area (Å²) in [4.78, 5) is 21.7. The van der Waals surface area contributed by atoms with Crippen LogP contribution in [0.4, 0.5) is 0 Å². The molecule has 1 aromatic carbocycles. The third-order valence-corrected chi connectivity index (χ3v) is 2.81. The summed E-state index contributed by atoms with van der Waals surface area (Å²) in [6.07, 6.45) is 1.17. The predicted molar refractivity (Wildman–Crippen MR) is 65.8 cm³/mol. The Morgan fingerprint density at radius 1 is 1.33 bits per heavy atom. The third-order valence-electron chi connectivity index (χ3n) is 2.81. The molecule has 1 aromatic rings. The molecule has 0 aromatic heterocycles. The minimum Gasteiger partial charge on any atom is -0.348 e. The molecule has 0 aliphatic carbocycles. The van der Waals surface area contributed by atoms with Gasteiger partial charge < -0.3 is 9.47 Å². The molecule has 4 nitrogen and oxygen atoms in total. The Balaban J connectivity index is 2.10. The lowest BCUT2D eigenvalue weighted by Gasteiger charge is -2.28. The zero-order chi connectivity index (χ0) is 13.0. The lowest BCUT2D eigenvalue weighted by Crippen LogP contribution is -2.33. The van der Waals surface area contributed by atoms with E-state index >= 15 is 0 Å². The molecule has 0 radical (unpaired) electrons. The van der Waals surface area contributed by atoms with Crippen LogP contribution in [0.2, 0.25) is 0 Å². The van der Waals surface area contributed by atoms with Crippen LogP contribution < -0.4 is 0 Å². The number of ether oxygens (including phenoxy) is 2. The van der Waals surface area contributed by atoms with Gasteiger partial charge in [0.1, 0.15) is 6.10 Å². The molecule has 18 heavy (non-hydrogen) atoms. The second-order valence-corrected chi connectivity index (χ2v) is 4.01. The first-order valence-corrected chi connectivity index (χ1v) is 5.73. The normalized spacial score (nSPS) is 23.3. The summed E-state index contributed by atoms with van der Waals surface area (Å²) in [6.45, 7) is 4.07. The van der Waals surface area contributed by atoms with Crippen LogP contribution in [0, 0.1) is 0 Å². The summed E-state index contributed by atoms with van der Waals surface area (Å²) in [5.41, 5.74) is 1.82. The molecule has 1 heterocycles. The summed E-state index contributed by atoms with van der Waals surface area (Å²) in [6, 6.07) is 7.49. The lowest BCUT2D eigenvalue weighted by molar-refractivity contribution is -0.214. The molecule has 4 heteroatoms. The van der Waals surface area contributed by atoms with Gasteiger partial charge in [0.05, 0.1) is 6.61 Å². The van der Waals surface area contributed by atoms with E-state index in [1.54, 1.807) is 6.08 Å². The molecule has 1 fully saturated rings. The van der Waals surface area contributed by atoms with Crippen LogP contribution in [0.25, 0.3) is 6.08 Å². The summed E-state index contributed by atoms with van der Waals surface area (Å²) >= 11 is 0. The highest BCUT2D eigenvalue weighted by Crippen LogP contribution is 2.26. The van der Waals surface area contributed by atoms with Gasteiger partial charge in [-0.2, -0.15) is 0 Å². The largest absolute Gasteiger partial charge is 0.348 e. The quantitative estimate of drug-likeness (QED) is 0.601. The number of hydrogen-bond donors (Lipinski definition) is 0. The topological polar surface area (TPSA) is 52.6 Å². The molecule has 2 unspecified atom stereocenters. The Kier molecular flexibility index (Phi) is 4.02. The summed E-state index contributed by atoms with van der Waals surface area (Å²) in [5, 5.41) is 0. The van der Waals surface area contributed by atoms with E-state index in [1.807, 2.05) is 24.3 Å². The van der Waals surface area contributed by atoms with E-state index in [1.165, 1.54) is 0 Å². The van der Waals surface area contributed by atoms with Gasteiger partial charge in [0.15, 0.2) is 12.6 Å². The Labute approximate surface area is 105 Å². The van der Waals surface area contributed by atoms with Crippen LogP contribution in [0.15, 0.2) is 30.8 Å². The van der Waals surface area contributed by atoms with E-state index in [4.69, 9.17) is 9.47 Å². The van der Waals surface area contributed by atoms with Gasteiger partial charge in [0.2, 0.25) is 5.78 Å². The Morgan fingerprint density at radius 3 is 2.67 bits per heavy atom. The first kappa shape index (κ1) is 12.7. The van der Waals surface area contributed by atoms with Crippen molar-refractivity contribution in [3.8, 4) is 0 Å². The Bertz CT molecular complexity index is 449. The summed E-state index contributed by atoms with van der Waals surface area (Å²) in [7, 11) is 0. The minimum absolute atomic E-state index is 0.299. The smallest absolute Gasteiger partial charge is 0.224 e. The number of carbonyl (C=O) groups excluding carboxylic acids is 2. The van der Waals surface area contributed by atoms with Gasteiger partial charge in [-0.3, -0.25) is 9.59 Å².